The van der Waals surface area contributed by atoms with E-state index in [9.17, 15) is 8.42 Å². The minimum Gasteiger partial charge on any atom is -0.317 e. The smallest absolute Gasteiger partial charge is 0.215 e. The number of aryl methyl sites for hydroxylation is 1. The van der Waals surface area contributed by atoms with Crippen molar-refractivity contribution in [1.82, 2.24) is 10.0 Å². The fourth-order valence-electron chi connectivity index (χ4n) is 3.01. The van der Waals surface area contributed by atoms with Crippen LogP contribution in [0.15, 0.2) is 11.4 Å². The molecule has 0 radical (unpaired) electrons. The van der Waals surface area contributed by atoms with E-state index in [0.717, 1.165) is 45.2 Å². The minimum absolute atomic E-state index is 0.00474. The molecule has 1 unspecified atom stereocenters. The second-order valence-electron chi connectivity index (χ2n) is 5.36. The zero-order valence-electron chi connectivity index (χ0n) is 10.9. The van der Waals surface area contributed by atoms with Crippen LogP contribution in [0.25, 0.3) is 0 Å². The Hall–Kier alpha value is -0.430. The Balaban J connectivity index is 1.75. The van der Waals surface area contributed by atoms with E-state index in [0.29, 0.717) is 0 Å². The number of piperidine rings is 1. The van der Waals surface area contributed by atoms with E-state index in [1.165, 1.54) is 10.4 Å². The molecule has 1 saturated heterocycles. The molecule has 1 fully saturated rings. The van der Waals surface area contributed by atoms with Crippen molar-refractivity contribution in [2.45, 2.75) is 43.4 Å². The Labute approximate surface area is 118 Å². The Morgan fingerprint density at radius 2 is 2.05 bits per heavy atom. The fourth-order valence-corrected chi connectivity index (χ4v) is 5.69. The van der Waals surface area contributed by atoms with E-state index in [1.54, 1.807) is 11.3 Å². The summed E-state index contributed by atoms with van der Waals surface area (Å²) >= 11 is 1.75. The van der Waals surface area contributed by atoms with Gasteiger partial charge in [0, 0.05) is 10.9 Å². The first-order chi connectivity index (χ1) is 9.17. The molecular weight excluding hydrogens is 280 g/mol. The molecule has 0 bridgehead atoms. The molecule has 1 aliphatic heterocycles. The molecule has 19 heavy (non-hydrogen) atoms. The maximum absolute atomic E-state index is 12.5. The van der Waals surface area contributed by atoms with Gasteiger partial charge in [0.15, 0.2) is 0 Å². The van der Waals surface area contributed by atoms with Gasteiger partial charge in [0.05, 0.1) is 5.25 Å². The van der Waals surface area contributed by atoms with Crippen LogP contribution >= 0.6 is 11.3 Å². The molecule has 3 rings (SSSR count). The average molecular weight is 300 g/mol. The van der Waals surface area contributed by atoms with Crippen LogP contribution in [0.3, 0.4) is 0 Å². The quantitative estimate of drug-likeness (QED) is 0.895. The van der Waals surface area contributed by atoms with Gasteiger partial charge in [-0.15, -0.1) is 11.3 Å². The van der Waals surface area contributed by atoms with E-state index < -0.39 is 10.0 Å². The van der Waals surface area contributed by atoms with Gasteiger partial charge in [0.2, 0.25) is 10.0 Å². The number of fused-ring (bicyclic) bond motifs is 1. The van der Waals surface area contributed by atoms with Gasteiger partial charge >= 0.3 is 0 Å². The molecule has 0 saturated carbocycles. The molecule has 2 heterocycles. The van der Waals surface area contributed by atoms with Gasteiger partial charge in [-0.2, -0.15) is 0 Å². The van der Waals surface area contributed by atoms with E-state index in [2.05, 4.69) is 21.5 Å². The number of hydrogen-bond acceptors (Lipinski definition) is 4. The van der Waals surface area contributed by atoms with E-state index in [-0.39, 0.29) is 11.3 Å². The summed E-state index contributed by atoms with van der Waals surface area (Å²) in [6, 6.07) is 2.07. The summed E-state index contributed by atoms with van der Waals surface area (Å²) in [7, 11) is -3.19. The summed E-state index contributed by atoms with van der Waals surface area (Å²) in [5, 5.41) is 5.06. The Bertz CT molecular complexity index is 533. The van der Waals surface area contributed by atoms with Crippen molar-refractivity contribution in [1.29, 1.82) is 0 Å². The first kappa shape index (κ1) is 13.5. The molecule has 0 aromatic carbocycles. The predicted octanol–water partition coefficient (Wildman–Crippen LogP) is 1.80. The number of thiophene rings is 1. The molecule has 1 atom stereocenters. The van der Waals surface area contributed by atoms with Gasteiger partial charge in [-0.3, -0.25) is 0 Å². The molecule has 6 heteroatoms. The first-order valence-electron chi connectivity index (χ1n) is 6.95. The van der Waals surface area contributed by atoms with Crippen LogP contribution in [-0.2, 0) is 16.4 Å². The van der Waals surface area contributed by atoms with Gasteiger partial charge in [-0.1, -0.05) is 0 Å². The summed E-state index contributed by atoms with van der Waals surface area (Å²) < 4.78 is 27.9. The number of rotatable bonds is 3. The largest absolute Gasteiger partial charge is 0.317 e. The van der Waals surface area contributed by atoms with Crippen molar-refractivity contribution < 1.29 is 8.42 Å². The lowest BCUT2D eigenvalue weighted by Gasteiger charge is -2.28. The highest BCUT2D eigenvalue weighted by atomic mass is 32.2. The highest BCUT2D eigenvalue weighted by Crippen LogP contribution is 2.34. The predicted molar refractivity (Wildman–Crippen MR) is 77.9 cm³/mol. The Morgan fingerprint density at radius 1 is 1.26 bits per heavy atom. The van der Waals surface area contributed by atoms with Crippen LogP contribution in [0, 0.1) is 0 Å². The van der Waals surface area contributed by atoms with Crippen molar-refractivity contribution in [3.05, 3.63) is 21.9 Å². The number of hydrogen-bond donors (Lipinski definition) is 2. The van der Waals surface area contributed by atoms with Crippen molar-refractivity contribution in [2.75, 3.05) is 13.1 Å². The van der Waals surface area contributed by atoms with Gasteiger partial charge in [-0.05, 0) is 62.2 Å². The third-order valence-electron chi connectivity index (χ3n) is 4.08. The first-order valence-corrected chi connectivity index (χ1v) is 9.37. The minimum atomic E-state index is -3.19. The van der Waals surface area contributed by atoms with Crippen LogP contribution in [0.1, 0.15) is 42.2 Å². The second-order valence-corrected chi connectivity index (χ2v) is 8.35. The van der Waals surface area contributed by atoms with Gasteiger partial charge in [0.25, 0.3) is 0 Å². The van der Waals surface area contributed by atoms with Gasteiger partial charge < -0.3 is 5.32 Å². The fraction of sp³-hybridized carbons (Fsp3) is 0.692. The van der Waals surface area contributed by atoms with Crippen molar-refractivity contribution in [3.8, 4) is 0 Å². The summed E-state index contributed by atoms with van der Waals surface area (Å²) in [5.41, 5.74) is 1.20. The highest BCUT2D eigenvalue weighted by molar-refractivity contribution is 7.90. The maximum atomic E-state index is 12.5. The monoisotopic (exact) mass is 300 g/mol. The summed E-state index contributed by atoms with van der Waals surface area (Å²) in [6.45, 7) is 1.61. The van der Waals surface area contributed by atoms with Crippen LogP contribution in [0.5, 0.6) is 0 Å². The van der Waals surface area contributed by atoms with Crippen LogP contribution in [0.2, 0.25) is 0 Å². The maximum Gasteiger partial charge on any atom is 0.215 e. The zero-order chi connectivity index (χ0) is 13.3. The summed E-state index contributed by atoms with van der Waals surface area (Å²) in [6.07, 6.45) is 4.54. The zero-order valence-corrected chi connectivity index (χ0v) is 12.5. The van der Waals surface area contributed by atoms with E-state index in [1.807, 2.05) is 0 Å². The lowest BCUT2D eigenvalue weighted by atomic mass is 9.95. The molecule has 0 amide bonds. The molecule has 1 aromatic rings. The number of sulfonamides is 1. The lowest BCUT2D eigenvalue weighted by molar-refractivity contribution is 0.469. The molecule has 1 aromatic heterocycles. The SMILES string of the molecule is O=S(=O)(NC1CCCc2sccc21)C1CCNCC1. The van der Waals surface area contributed by atoms with Gasteiger partial charge in [0.1, 0.15) is 0 Å². The summed E-state index contributed by atoms with van der Waals surface area (Å²) in [4.78, 5) is 1.35. The third kappa shape index (κ3) is 2.86. The van der Waals surface area contributed by atoms with Crippen LogP contribution in [-0.4, -0.2) is 26.8 Å². The van der Waals surface area contributed by atoms with E-state index >= 15 is 0 Å². The normalized spacial score (nSPS) is 25.2. The van der Waals surface area contributed by atoms with E-state index in [4.69, 9.17) is 0 Å². The summed E-state index contributed by atoms with van der Waals surface area (Å²) in [5.74, 6) is 0. The second kappa shape index (κ2) is 5.52. The van der Waals surface area contributed by atoms with Gasteiger partial charge in [-0.25, -0.2) is 13.1 Å². The molecular formula is C13H20N2O2S2. The van der Waals surface area contributed by atoms with Crippen LogP contribution < -0.4 is 10.0 Å². The van der Waals surface area contributed by atoms with Crippen molar-refractivity contribution >= 4 is 21.4 Å². The third-order valence-corrected chi connectivity index (χ3v) is 7.04. The molecule has 1 aliphatic carbocycles. The van der Waals surface area contributed by atoms with Crippen molar-refractivity contribution in [3.63, 3.8) is 0 Å². The lowest BCUT2D eigenvalue weighted by Crippen LogP contribution is -2.43. The standard InChI is InChI=1S/C13H20N2O2S2/c16-19(17,10-4-7-14-8-5-10)15-12-2-1-3-13-11(12)6-9-18-13/h6,9-10,12,14-15H,1-5,7-8H2. The van der Waals surface area contributed by atoms with Crippen molar-refractivity contribution in [2.24, 2.45) is 0 Å². The molecule has 106 valence electrons. The van der Waals surface area contributed by atoms with Crippen LogP contribution in [0.4, 0.5) is 0 Å². The molecule has 2 aliphatic rings. The molecule has 0 spiro atoms. The highest BCUT2D eigenvalue weighted by Gasteiger charge is 2.31. The Kier molecular flexibility index (Phi) is 3.93. The number of nitrogens with one attached hydrogen (secondary N) is 2. The molecule has 2 N–H and O–H groups in total. The Morgan fingerprint density at radius 3 is 2.84 bits per heavy atom. The molecule has 4 nitrogen and oxygen atoms in total. The topological polar surface area (TPSA) is 58.2 Å². The average Bonchev–Trinajstić information content (AvgIpc) is 2.89.